The lowest BCUT2D eigenvalue weighted by atomic mass is 10.1. The summed E-state index contributed by atoms with van der Waals surface area (Å²) < 4.78 is 5.30. The summed E-state index contributed by atoms with van der Waals surface area (Å²) in [4.78, 5) is 51.8. The SMILES string of the molecule is Cc1cccc(N2C(=O)c3ccc(C(=O)OC(C)C(=O)c4ccccc4)cc3C2=O)c1. The molecule has 0 bridgehead atoms. The van der Waals surface area contributed by atoms with Crippen LogP contribution < -0.4 is 4.90 Å². The second-order valence-electron chi connectivity index (χ2n) is 7.32. The van der Waals surface area contributed by atoms with Gasteiger partial charge in [0, 0.05) is 5.56 Å². The monoisotopic (exact) mass is 413 g/mol. The van der Waals surface area contributed by atoms with Crippen LogP contribution in [0.25, 0.3) is 0 Å². The molecule has 1 heterocycles. The molecule has 0 saturated heterocycles. The molecule has 0 aromatic heterocycles. The van der Waals surface area contributed by atoms with Crippen LogP contribution in [0.4, 0.5) is 5.69 Å². The van der Waals surface area contributed by atoms with Crippen molar-refractivity contribution in [1.29, 1.82) is 0 Å². The quantitative estimate of drug-likeness (QED) is 0.355. The molecule has 0 radical (unpaired) electrons. The largest absolute Gasteiger partial charge is 0.451 e. The van der Waals surface area contributed by atoms with E-state index in [9.17, 15) is 19.2 Å². The van der Waals surface area contributed by atoms with Crippen molar-refractivity contribution in [2.75, 3.05) is 4.90 Å². The average Bonchev–Trinajstić information content (AvgIpc) is 3.03. The summed E-state index contributed by atoms with van der Waals surface area (Å²) in [6.45, 7) is 3.36. The second-order valence-corrected chi connectivity index (χ2v) is 7.32. The summed E-state index contributed by atoms with van der Waals surface area (Å²) in [6.07, 6.45) is -0.996. The molecule has 0 spiro atoms. The number of Topliss-reactive ketones (excluding diaryl/α,β-unsaturated/α-hetero) is 1. The number of hydrogen-bond donors (Lipinski definition) is 0. The third kappa shape index (κ3) is 3.75. The van der Waals surface area contributed by atoms with E-state index in [1.807, 2.05) is 13.0 Å². The van der Waals surface area contributed by atoms with Gasteiger partial charge in [0.2, 0.25) is 5.78 Å². The van der Waals surface area contributed by atoms with Crippen LogP contribution in [0.1, 0.15) is 53.9 Å². The Kier molecular flexibility index (Phi) is 5.21. The van der Waals surface area contributed by atoms with Gasteiger partial charge < -0.3 is 4.74 Å². The standard InChI is InChI=1S/C25H19NO5/c1-15-7-6-10-19(13-15)26-23(28)20-12-11-18(14-21(20)24(26)29)25(30)31-16(2)22(27)17-8-4-3-5-9-17/h3-14,16H,1-2H3. The molecular weight excluding hydrogens is 394 g/mol. The smallest absolute Gasteiger partial charge is 0.338 e. The molecule has 6 nitrogen and oxygen atoms in total. The third-order valence-electron chi connectivity index (χ3n) is 5.09. The number of carbonyl (C=O) groups excluding carboxylic acids is 4. The number of amides is 2. The van der Waals surface area contributed by atoms with Crippen LogP contribution in [0.5, 0.6) is 0 Å². The number of anilines is 1. The summed E-state index contributed by atoms with van der Waals surface area (Å²) in [5.41, 5.74) is 2.26. The molecule has 1 aliphatic rings. The average molecular weight is 413 g/mol. The first-order valence-electron chi connectivity index (χ1n) is 9.76. The van der Waals surface area contributed by atoms with Crippen molar-refractivity contribution < 1.29 is 23.9 Å². The van der Waals surface area contributed by atoms with Gasteiger partial charge in [0.05, 0.1) is 22.4 Å². The Morgan fingerprint density at radius 3 is 2.23 bits per heavy atom. The van der Waals surface area contributed by atoms with E-state index < -0.39 is 23.9 Å². The predicted octanol–water partition coefficient (Wildman–Crippen LogP) is 4.22. The zero-order chi connectivity index (χ0) is 22.1. The fourth-order valence-corrected chi connectivity index (χ4v) is 3.49. The van der Waals surface area contributed by atoms with Gasteiger partial charge in [-0.3, -0.25) is 14.4 Å². The van der Waals surface area contributed by atoms with Gasteiger partial charge in [0.1, 0.15) is 0 Å². The van der Waals surface area contributed by atoms with Crippen LogP contribution in [0.2, 0.25) is 0 Å². The summed E-state index contributed by atoms with van der Waals surface area (Å²) in [5.74, 6) is -2.02. The highest BCUT2D eigenvalue weighted by Crippen LogP contribution is 2.29. The minimum Gasteiger partial charge on any atom is -0.451 e. The molecule has 0 saturated carbocycles. The van der Waals surface area contributed by atoms with Crippen LogP contribution in [-0.2, 0) is 4.74 Å². The van der Waals surface area contributed by atoms with Crippen molar-refractivity contribution in [1.82, 2.24) is 0 Å². The lowest BCUT2D eigenvalue weighted by molar-refractivity contribution is 0.0318. The predicted molar refractivity (Wildman–Crippen MR) is 114 cm³/mol. The van der Waals surface area contributed by atoms with Gasteiger partial charge >= 0.3 is 5.97 Å². The number of rotatable bonds is 5. The molecule has 0 aliphatic carbocycles. The Hall–Kier alpha value is -4.06. The Morgan fingerprint density at radius 2 is 1.52 bits per heavy atom. The van der Waals surface area contributed by atoms with Gasteiger partial charge in [-0.15, -0.1) is 0 Å². The molecule has 3 aromatic carbocycles. The van der Waals surface area contributed by atoms with Crippen LogP contribution in [0, 0.1) is 6.92 Å². The first kappa shape index (κ1) is 20.2. The van der Waals surface area contributed by atoms with Crippen molar-refractivity contribution in [3.05, 3.63) is 101 Å². The van der Waals surface area contributed by atoms with Crippen molar-refractivity contribution in [3.8, 4) is 0 Å². The Morgan fingerprint density at radius 1 is 0.806 bits per heavy atom. The molecule has 1 aliphatic heterocycles. The molecule has 3 aromatic rings. The van der Waals surface area contributed by atoms with Crippen molar-refractivity contribution >= 4 is 29.3 Å². The van der Waals surface area contributed by atoms with Crippen LogP contribution in [-0.4, -0.2) is 29.7 Å². The summed E-state index contributed by atoms with van der Waals surface area (Å²) in [5, 5.41) is 0. The lowest BCUT2D eigenvalue weighted by Crippen LogP contribution is -2.29. The van der Waals surface area contributed by atoms with E-state index >= 15 is 0 Å². The number of hydrogen-bond acceptors (Lipinski definition) is 5. The topological polar surface area (TPSA) is 80.8 Å². The summed E-state index contributed by atoms with van der Waals surface area (Å²) >= 11 is 0. The van der Waals surface area contributed by atoms with Gasteiger partial charge in [-0.25, -0.2) is 9.69 Å². The van der Waals surface area contributed by atoms with Gasteiger partial charge in [-0.2, -0.15) is 0 Å². The van der Waals surface area contributed by atoms with Crippen molar-refractivity contribution in [2.24, 2.45) is 0 Å². The van der Waals surface area contributed by atoms with E-state index in [0.29, 0.717) is 11.3 Å². The van der Waals surface area contributed by atoms with Crippen LogP contribution >= 0.6 is 0 Å². The number of carbonyl (C=O) groups is 4. The summed E-state index contributed by atoms with van der Waals surface area (Å²) in [6, 6.07) is 19.8. The maximum absolute atomic E-state index is 12.9. The van der Waals surface area contributed by atoms with Gasteiger partial charge in [0.15, 0.2) is 6.10 Å². The highest BCUT2D eigenvalue weighted by atomic mass is 16.5. The Bertz CT molecular complexity index is 1220. The van der Waals surface area contributed by atoms with Crippen LogP contribution in [0.3, 0.4) is 0 Å². The highest BCUT2D eigenvalue weighted by Gasteiger charge is 2.37. The maximum Gasteiger partial charge on any atom is 0.338 e. The number of fused-ring (bicyclic) bond motifs is 1. The highest BCUT2D eigenvalue weighted by molar-refractivity contribution is 6.34. The lowest BCUT2D eigenvalue weighted by Gasteiger charge is -2.14. The van der Waals surface area contributed by atoms with E-state index in [2.05, 4.69) is 0 Å². The molecule has 0 N–H and O–H groups in total. The van der Waals surface area contributed by atoms with Crippen molar-refractivity contribution in [3.63, 3.8) is 0 Å². The number of benzene rings is 3. The first-order valence-corrected chi connectivity index (χ1v) is 9.76. The van der Waals surface area contributed by atoms with Gasteiger partial charge in [0.25, 0.3) is 11.8 Å². The molecule has 154 valence electrons. The third-order valence-corrected chi connectivity index (χ3v) is 5.09. The molecule has 1 atom stereocenters. The molecule has 0 fully saturated rings. The van der Waals surface area contributed by atoms with E-state index in [-0.39, 0.29) is 22.5 Å². The summed E-state index contributed by atoms with van der Waals surface area (Å²) in [7, 11) is 0. The van der Waals surface area contributed by atoms with Crippen molar-refractivity contribution in [2.45, 2.75) is 20.0 Å². The number of aryl methyl sites for hydroxylation is 1. The Labute approximate surface area is 179 Å². The van der Waals surface area contributed by atoms with Crippen LogP contribution in [0.15, 0.2) is 72.8 Å². The fraction of sp³-hybridized carbons (Fsp3) is 0.120. The minimum absolute atomic E-state index is 0.0960. The molecule has 6 heteroatoms. The van der Waals surface area contributed by atoms with E-state index in [1.165, 1.54) is 25.1 Å². The molecular formula is C25H19NO5. The minimum atomic E-state index is -0.996. The normalized spacial score (nSPS) is 13.7. The number of ketones is 1. The fourth-order valence-electron chi connectivity index (χ4n) is 3.49. The molecule has 1 unspecified atom stereocenters. The Balaban J connectivity index is 1.56. The maximum atomic E-state index is 12.9. The first-order chi connectivity index (χ1) is 14.9. The van der Waals surface area contributed by atoms with Gasteiger partial charge in [-0.1, -0.05) is 42.5 Å². The molecule has 31 heavy (non-hydrogen) atoms. The number of imide groups is 1. The molecule has 2 amide bonds. The zero-order valence-corrected chi connectivity index (χ0v) is 17.0. The van der Waals surface area contributed by atoms with Gasteiger partial charge in [-0.05, 0) is 49.7 Å². The number of esters is 1. The number of nitrogens with zero attached hydrogens (tertiary/aromatic N) is 1. The van der Waals surface area contributed by atoms with E-state index in [1.54, 1.807) is 48.5 Å². The van der Waals surface area contributed by atoms with E-state index in [0.717, 1.165) is 10.5 Å². The molecule has 4 rings (SSSR count). The zero-order valence-electron chi connectivity index (χ0n) is 17.0. The van der Waals surface area contributed by atoms with E-state index in [4.69, 9.17) is 4.74 Å². The second kappa shape index (κ2) is 7.99. The number of ether oxygens (including phenoxy) is 1.